The molecule has 196 valence electrons. The fraction of sp³-hybridized carbons (Fsp3) is 0.207. The summed E-state index contributed by atoms with van der Waals surface area (Å²) in [5.74, 6) is 0.193. The lowest BCUT2D eigenvalue weighted by molar-refractivity contribution is -0.138. The maximum absolute atomic E-state index is 13.8. The van der Waals surface area contributed by atoms with Crippen LogP contribution in [0.4, 0.5) is 9.18 Å². The Bertz CT molecular complexity index is 1400. The second-order valence-corrected chi connectivity index (χ2v) is 8.66. The van der Waals surface area contributed by atoms with E-state index in [0.29, 0.717) is 35.8 Å². The Kier molecular flexibility index (Phi) is 8.37. The molecule has 0 fully saturated rings. The van der Waals surface area contributed by atoms with Crippen molar-refractivity contribution in [2.24, 2.45) is 0 Å². The number of carbonyl (C=O) groups is 2. The zero-order valence-corrected chi connectivity index (χ0v) is 21.0. The molecule has 0 bridgehead atoms. The average molecular weight is 519 g/mol. The van der Waals surface area contributed by atoms with Crippen molar-refractivity contribution < 1.29 is 33.0 Å². The molecule has 0 saturated carbocycles. The maximum atomic E-state index is 13.8. The number of halogens is 1. The third kappa shape index (κ3) is 6.97. The van der Waals surface area contributed by atoms with Crippen LogP contribution in [0.3, 0.4) is 0 Å². The van der Waals surface area contributed by atoms with Gasteiger partial charge < -0.3 is 19.0 Å². The van der Waals surface area contributed by atoms with E-state index in [9.17, 15) is 19.1 Å². The topological polar surface area (TPSA) is 102 Å². The van der Waals surface area contributed by atoms with Gasteiger partial charge in [-0.05, 0) is 55.3 Å². The van der Waals surface area contributed by atoms with E-state index in [2.05, 4.69) is 4.98 Å². The van der Waals surface area contributed by atoms with E-state index >= 15 is 0 Å². The van der Waals surface area contributed by atoms with Gasteiger partial charge in [-0.15, -0.1) is 0 Å². The lowest BCUT2D eigenvalue weighted by Crippen LogP contribution is -2.37. The van der Waals surface area contributed by atoms with Gasteiger partial charge >= 0.3 is 12.1 Å². The number of hydrogen-bond donors (Lipinski definition) is 1. The van der Waals surface area contributed by atoms with Crippen molar-refractivity contribution in [2.45, 2.75) is 26.8 Å². The molecule has 3 aromatic carbocycles. The van der Waals surface area contributed by atoms with Crippen molar-refractivity contribution in [1.29, 1.82) is 0 Å². The second kappa shape index (κ2) is 12.1. The van der Waals surface area contributed by atoms with Gasteiger partial charge in [0.25, 0.3) is 0 Å². The first-order valence-corrected chi connectivity index (χ1v) is 12.0. The average Bonchev–Trinajstić information content (AvgIpc) is 3.27. The number of carbonyl (C=O) groups excluding carboxylic acids is 1. The van der Waals surface area contributed by atoms with Crippen molar-refractivity contribution in [1.82, 2.24) is 9.88 Å². The van der Waals surface area contributed by atoms with Gasteiger partial charge in [0, 0.05) is 24.6 Å². The van der Waals surface area contributed by atoms with Crippen molar-refractivity contribution in [3.05, 3.63) is 101 Å². The van der Waals surface area contributed by atoms with Crippen LogP contribution >= 0.6 is 0 Å². The highest BCUT2D eigenvalue weighted by Gasteiger charge is 2.20. The predicted molar refractivity (Wildman–Crippen MR) is 138 cm³/mol. The Hall–Kier alpha value is -4.66. The summed E-state index contributed by atoms with van der Waals surface area (Å²) in [6, 6.07) is 20.6. The number of benzene rings is 3. The highest BCUT2D eigenvalue weighted by Crippen LogP contribution is 2.22. The minimum atomic E-state index is -1.20. The fourth-order valence-corrected chi connectivity index (χ4v) is 3.69. The molecule has 1 aromatic heterocycles. The van der Waals surface area contributed by atoms with Crippen molar-refractivity contribution in [3.8, 4) is 23.0 Å². The van der Waals surface area contributed by atoms with Gasteiger partial charge in [-0.1, -0.05) is 36.4 Å². The van der Waals surface area contributed by atoms with Crippen LogP contribution in [0.5, 0.6) is 11.5 Å². The van der Waals surface area contributed by atoms with E-state index in [1.165, 1.54) is 12.1 Å². The minimum Gasteiger partial charge on any atom is -0.493 e. The van der Waals surface area contributed by atoms with E-state index < -0.39 is 24.4 Å². The normalized spacial score (nSPS) is 10.7. The highest BCUT2D eigenvalue weighted by molar-refractivity contribution is 5.78. The SMILES string of the molecule is Cc1ccc(OC(=O)N(CC(=O)O)Cc2ccc(OCCc3nc(-c4ccccc4)oc3C)cc2)cc1F. The number of rotatable bonds is 10. The van der Waals surface area contributed by atoms with Crippen LogP contribution in [0.25, 0.3) is 11.5 Å². The molecule has 38 heavy (non-hydrogen) atoms. The Morgan fingerprint density at radius 1 is 1.00 bits per heavy atom. The smallest absolute Gasteiger partial charge is 0.416 e. The number of nitrogens with zero attached hydrogens (tertiary/aromatic N) is 2. The monoisotopic (exact) mass is 518 g/mol. The number of aliphatic carboxylic acids is 1. The van der Waals surface area contributed by atoms with Crippen LogP contribution in [0.2, 0.25) is 0 Å². The van der Waals surface area contributed by atoms with Crippen LogP contribution in [0, 0.1) is 19.7 Å². The summed E-state index contributed by atoms with van der Waals surface area (Å²) in [5, 5.41) is 9.24. The summed E-state index contributed by atoms with van der Waals surface area (Å²) in [6.45, 7) is 3.24. The van der Waals surface area contributed by atoms with Gasteiger partial charge in [-0.25, -0.2) is 14.2 Å². The Labute approximate surface area is 219 Å². The summed E-state index contributed by atoms with van der Waals surface area (Å²) in [5.41, 5.74) is 2.80. The Morgan fingerprint density at radius 2 is 1.71 bits per heavy atom. The van der Waals surface area contributed by atoms with Crippen LogP contribution in [-0.2, 0) is 17.8 Å². The lowest BCUT2D eigenvalue weighted by Gasteiger charge is -2.20. The van der Waals surface area contributed by atoms with Gasteiger partial charge in [-0.3, -0.25) is 9.69 Å². The summed E-state index contributed by atoms with van der Waals surface area (Å²) >= 11 is 0. The van der Waals surface area contributed by atoms with Gasteiger partial charge in [0.1, 0.15) is 29.6 Å². The number of amides is 1. The molecular weight excluding hydrogens is 491 g/mol. The van der Waals surface area contributed by atoms with Gasteiger partial charge in [0.2, 0.25) is 5.89 Å². The number of aryl methyl sites for hydroxylation is 2. The molecule has 1 heterocycles. The summed E-state index contributed by atoms with van der Waals surface area (Å²) in [6.07, 6.45) is -0.337. The predicted octanol–water partition coefficient (Wildman–Crippen LogP) is 5.80. The van der Waals surface area contributed by atoms with Crippen LogP contribution in [-0.4, -0.2) is 40.2 Å². The molecule has 4 rings (SSSR count). The molecule has 0 aliphatic rings. The molecule has 0 radical (unpaired) electrons. The molecule has 0 unspecified atom stereocenters. The van der Waals surface area contributed by atoms with Crippen molar-refractivity contribution >= 4 is 12.1 Å². The molecule has 0 atom stereocenters. The number of carboxylic acid groups (broad SMARTS) is 1. The third-order valence-electron chi connectivity index (χ3n) is 5.75. The van der Waals surface area contributed by atoms with Gasteiger partial charge in [0.15, 0.2) is 0 Å². The van der Waals surface area contributed by atoms with E-state index in [0.717, 1.165) is 28.0 Å². The lowest BCUT2D eigenvalue weighted by atomic mass is 10.2. The van der Waals surface area contributed by atoms with Gasteiger partial charge in [-0.2, -0.15) is 0 Å². The number of oxazole rings is 1. The number of hydrogen-bond acceptors (Lipinski definition) is 6. The van der Waals surface area contributed by atoms with Crippen molar-refractivity contribution in [3.63, 3.8) is 0 Å². The first-order valence-electron chi connectivity index (χ1n) is 12.0. The molecule has 0 spiro atoms. The zero-order valence-electron chi connectivity index (χ0n) is 21.0. The molecule has 1 N–H and O–H groups in total. The zero-order chi connectivity index (χ0) is 27.1. The van der Waals surface area contributed by atoms with Crippen LogP contribution < -0.4 is 9.47 Å². The first kappa shape index (κ1) is 26.4. The highest BCUT2D eigenvalue weighted by atomic mass is 19.1. The van der Waals surface area contributed by atoms with E-state index in [1.807, 2.05) is 37.3 Å². The molecular formula is C29H27FN2O6. The molecule has 0 saturated heterocycles. The largest absolute Gasteiger partial charge is 0.493 e. The second-order valence-electron chi connectivity index (χ2n) is 8.66. The Morgan fingerprint density at radius 3 is 2.39 bits per heavy atom. The quantitative estimate of drug-likeness (QED) is 0.283. The third-order valence-corrected chi connectivity index (χ3v) is 5.75. The minimum absolute atomic E-state index is 0.00419. The molecule has 0 aliphatic heterocycles. The maximum Gasteiger partial charge on any atom is 0.416 e. The summed E-state index contributed by atoms with van der Waals surface area (Å²) < 4.78 is 30.6. The van der Waals surface area contributed by atoms with Crippen molar-refractivity contribution in [2.75, 3.05) is 13.2 Å². The summed E-state index contributed by atoms with van der Waals surface area (Å²) in [7, 11) is 0. The van der Waals surface area contributed by atoms with E-state index in [-0.39, 0.29) is 12.3 Å². The van der Waals surface area contributed by atoms with E-state index in [4.69, 9.17) is 13.9 Å². The van der Waals surface area contributed by atoms with Gasteiger partial charge in [0.05, 0.1) is 12.3 Å². The van der Waals surface area contributed by atoms with Crippen LogP contribution in [0.15, 0.2) is 77.2 Å². The number of ether oxygens (including phenoxy) is 2. The molecule has 9 heteroatoms. The molecule has 4 aromatic rings. The molecule has 1 amide bonds. The number of aromatic nitrogens is 1. The fourth-order valence-electron chi connectivity index (χ4n) is 3.69. The van der Waals surface area contributed by atoms with Crippen LogP contribution in [0.1, 0.15) is 22.6 Å². The summed E-state index contributed by atoms with van der Waals surface area (Å²) in [4.78, 5) is 29.5. The standard InChI is InChI=1S/C29H27FN2O6/c1-19-8-11-24(16-25(19)30)38-29(35)32(18-27(33)34)17-21-9-12-23(13-10-21)36-15-14-26-20(2)37-28(31-26)22-6-4-3-5-7-22/h3-13,16H,14-15,17-18H2,1-2H3,(H,33,34). The Balaban J connectivity index is 1.33. The first-order chi connectivity index (χ1) is 18.3. The van der Waals surface area contributed by atoms with E-state index in [1.54, 1.807) is 31.2 Å². The molecule has 8 nitrogen and oxygen atoms in total. The molecule has 0 aliphatic carbocycles. The number of carboxylic acids is 1.